The van der Waals surface area contributed by atoms with Crippen LogP contribution in [0.4, 0.5) is 0 Å². The number of pyridine rings is 1. The van der Waals surface area contributed by atoms with Gasteiger partial charge >= 0.3 is 0 Å². The molecule has 0 aliphatic rings. The van der Waals surface area contributed by atoms with Crippen molar-refractivity contribution in [3.05, 3.63) is 23.5 Å². The number of nitrogens with zero attached hydrogens (tertiary/aromatic N) is 1. The molecule has 0 saturated heterocycles. The Kier molecular flexibility index (Phi) is 9.46. The Bertz CT molecular complexity index is 342. The first-order valence-corrected chi connectivity index (χ1v) is 8.51. The Hall–Kier alpha value is -0.620. The van der Waals surface area contributed by atoms with Gasteiger partial charge < -0.3 is 4.57 Å². The molecule has 0 aliphatic carbocycles. The van der Waals surface area contributed by atoms with Gasteiger partial charge in [-0.15, -0.1) is 0 Å². The van der Waals surface area contributed by atoms with Crippen LogP contribution >= 0.6 is 7.14 Å². The second-order valence-corrected chi connectivity index (χ2v) is 6.59. The molecule has 1 heterocycles. The van der Waals surface area contributed by atoms with E-state index in [1.165, 1.54) is 0 Å². The molecular formula is C13H26NOP. The highest BCUT2D eigenvalue weighted by Gasteiger charge is 2.13. The van der Waals surface area contributed by atoms with Gasteiger partial charge in [0.2, 0.25) is 0 Å². The van der Waals surface area contributed by atoms with E-state index in [1.54, 1.807) is 13.3 Å². The summed E-state index contributed by atoms with van der Waals surface area (Å²) in [4.78, 5) is 4.27. The van der Waals surface area contributed by atoms with E-state index in [9.17, 15) is 4.57 Å². The van der Waals surface area contributed by atoms with Crippen molar-refractivity contribution in [1.82, 2.24) is 4.98 Å². The molecule has 0 aromatic carbocycles. The zero-order valence-electron chi connectivity index (χ0n) is 12.0. The van der Waals surface area contributed by atoms with Crippen LogP contribution in [0.25, 0.3) is 0 Å². The van der Waals surface area contributed by atoms with Crippen LogP contribution in [0.2, 0.25) is 0 Å². The highest BCUT2D eigenvalue weighted by Crippen LogP contribution is 2.35. The summed E-state index contributed by atoms with van der Waals surface area (Å²) < 4.78 is 11.7. The highest BCUT2D eigenvalue weighted by molar-refractivity contribution is 7.70. The molecule has 0 fully saturated rings. The van der Waals surface area contributed by atoms with Gasteiger partial charge in [-0.3, -0.25) is 4.98 Å². The highest BCUT2D eigenvalue weighted by atomic mass is 31.2. The zero-order chi connectivity index (χ0) is 13.4. The van der Waals surface area contributed by atoms with Gasteiger partial charge in [0.1, 0.15) is 7.14 Å². The normalized spacial score (nSPS) is 9.50. The Morgan fingerprint density at radius 1 is 1.00 bits per heavy atom. The van der Waals surface area contributed by atoms with E-state index < -0.39 is 7.14 Å². The summed E-state index contributed by atoms with van der Waals surface area (Å²) in [7, 11) is -2.14. The maximum absolute atomic E-state index is 11.7. The van der Waals surface area contributed by atoms with Crippen molar-refractivity contribution in [2.75, 3.05) is 13.3 Å². The van der Waals surface area contributed by atoms with Crippen LogP contribution in [0.15, 0.2) is 12.1 Å². The monoisotopic (exact) mass is 243 g/mol. The van der Waals surface area contributed by atoms with E-state index >= 15 is 0 Å². The van der Waals surface area contributed by atoms with E-state index in [-0.39, 0.29) is 0 Å². The van der Waals surface area contributed by atoms with Crippen LogP contribution in [0.5, 0.6) is 0 Å². The molecule has 0 radical (unpaired) electrons. The lowest BCUT2D eigenvalue weighted by molar-refractivity contribution is 0.588. The third-order valence-electron chi connectivity index (χ3n) is 1.78. The topological polar surface area (TPSA) is 30.0 Å². The fourth-order valence-corrected chi connectivity index (χ4v) is 2.51. The van der Waals surface area contributed by atoms with E-state index in [1.807, 2.05) is 53.7 Å². The Balaban J connectivity index is 0. The molecule has 0 unspecified atom stereocenters. The van der Waals surface area contributed by atoms with Crippen molar-refractivity contribution in [1.29, 1.82) is 0 Å². The molecule has 1 aromatic heterocycles. The average molecular weight is 243 g/mol. The minimum absolute atomic E-state index is 0.892. The number of aromatic nitrogens is 1. The van der Waals surface area contributed by atoms with E-state index in [4.69, 9.17) is 0 Å². The number of rotatable bonds is 1. The molecular weight excluding hydrogens is 217 g/mol. The second kappa shape index (κ2) is 8.52. The van der Waals surface area contributed by atoms with Crippen LogP contribution in [0, 0.1) is 13.8 Å². The number of aryl methyl sites for hydroxylation is 2. The summed E-state index contributed by atoms with van der Waals surface area (Å²) in [5.74, 6) is 0. The summed E-state index contributed by atoms with van der Waals surface area (Å²) in [6.07, 6.45) is 0. The van der Waals surface area contributed by atoms with Gasteiger partial charge in [-0.2, -0.15) is 0 Å². The van der Waals surface area contributed by atoms with Crippen LogP contribution < -0.4 is 5.30 Å². The Morgan fingerprint density at radius 2 is 1.44 bits per heavy atom. The minimum Gasteiger partial charge on any atom is -0.319 e. The molecule has 1 rings (SSSR count). The largest absolute Gasteiger partial charge is 0.319 e. The molecule has 0 amide bonds. The van der Waals surface area contributed by atoms with E-state index in [0.717, 1.165) is 16.7 Å². The third-order valence-corrected chi connectivity index (χ3v) is 3.41. The summed E-state index contributed by atoms with van der Waals surface area (Å²) >= 11 is 0. The molecule has 0 spiro atoms. The maximum atomic E-state index is 11.7. The first kappa shape index (κ1) is 17.8. The average Bonchev–Trinajstić information content (AvgIpc) is 2.21. The Labute approximate surface area is 101 Å². The number of hydrogen-bond donors (Lipinski definition) is 0. The number of hydrogen-bond acceptors (Lipinski definition) is 2. The smallest absolute Gasteiger partial charge is 0.111 e. The first-order valence-electron chi connectivity index (χ1n) is 5.91. The van der Waals surface area contributed by atoms with Crippen molar-refractivity contribution in [3.8, 4) is 0 Å². The lowest BCUT2D eigenvalue weighted by atomic mass is 10.3. The lowest BCUT2D eigenvalue weighted by Gasteiger charge is -2.09. The quantitative estimate of drug-likeness (QED) is 0.698. The van der Waals surface area contributed by atoms with E-state index in [0.29, 0.717) is 0 Å². The predicted octanol–water partition coefficient (Wildman–Crippen LogP) is 4.00. The van der Waals surface area contributed by atoms with E-state index in [2.05, 4.69) is 4.98 Å². The van der Waals surface area contributed by atoms with Gasteiger partial charge in [-0.1, -0.05) is 27.7 Å². The summed E-state index contributed by atoms with van der Waals surface area (Å²) in [5, 5.41) is 0.896. The SMILES string of the molecule is CC.CC.Cc1ccc(P(C)(C)=O)c(C)n1. The standard InChI is InChI=1S/C9H14NOP.2C2H6/c1-7-5-6-9(8(2)10-7)12(3,4)11;2*1-2/h5-6H,1-4H3;2*1-2H3. The molecule has 0 saturated carbocycles. The molecule has 0 N–H and O–H groups in total. The van der Waals surface area contributed by atoms with Crippen LogP contribution in [0.3, 0.4) is 0 Å². The lowest BCUT2D eigenvalue weighted by Crippen LogP contribution is -2.09. The predicted molar refractivity (Wildman–Crippen MR) is 75.5 cm³/mol. The molecule has 94 valence electrons. The van der Waals surface area contributed by atoms with Crippen LogP contribution in [0.1, 0.15) is 39.1 Å². The molecule has 0 atom stereocenters. The third kappa shape index (κ3) is 6.07. The molecule has 3 heteroatoms. The minimum atomic E-state index is -2.14. The van der Waals surface area contributed by atoms with Gasteiger partial charge in [-0.25, -0.2) is 0 Å². The van der Waals surface area contributed by atoms with Gasteiger partial charge in [0.05, 0.1) is 0 Å². The summed E-state index contributed by atoms with van der Waals surface area (Å²) in [5.41, 5.74) is 1.87. The van der Waals surface area contributed by atoms with Gasteiger partial charge in [0.25, 0.3) is 0 Å². The fraction of sp³-hybridized carbons (Fsp3) is 0.615. The van der Waals surface area contributed by atoms with Crippen molar-refractivity contribution in [2.24, 2.45) is 0 Å². The van der Waals surface area contributed by atoms with Crippen molar-refractivity contribution >= 4 is 12.4 Å². The van der Waals surface area contributed by atoms with Crippen molar-refractivity contribution in [2.45, 2.75) is 41.5 Å². The first-order chi connectivity index (χ1) is 7.41. The molecule has 16 heavy (non-hydrogen) atoms. The maximum Gasteiger partial charge on any atom is 0.111 e. The zero-order valence-corrected chi connectivity index (χ0v) is 12.9. The van der Waals surface area contributed by atoms with Crippen LogP contribution in [-0.2, 0) is 4.57 Å². The summed E-state index contributed by atoms with van der Waals surface area (Å²) in [6, 6.07) is 3.82. The van der Waals surface area contributed by atoms with Crippen molar-refractivity contribution < 1.29 is 4.57 Å². The molecule has 0 bridgehead atoms. The molecule has 0 aliphatic heterocycles. The molecule has 1 aromatic rings. The molecule has 2 nitrogen and oxygen atoms in total. The Morgan fingerprint density at radius 3 is 1.75 bits per heavy atom. The fourth-order valence-electron chi connectivity index (χ4n) is 1.25. The van der Waals surface area contributed by atoms with Gasteiger partial charge in [0.15, 0.2) is 0 Å². The van der Waals surface area contributed by atoms with Gasteiger partial charge in [0, 0.05) is 16.7 Å². The summed E-state index contributed by atoms with van der Waals surface area (Å²) in [6.45, 7) is 15.4. The van der Waals surface area contributed by atoms with Gasteiger partial charge in [-0.05, 0) is 39.3 Å². The van der Waals surface area contributed by atoms with Crippen molar-refractivity contribution in [3.63, 3.8) is 0 Å². The second-order valence-electron chi connectivity index (χ2n) is 3.41. The van der Waals surface area contributed by atoms with Crippen LogP contribution in [-0.4, -0.2) is 18.3 Å².